The number of amides is 1. The zero-order chi connectivity index (χ0) is 13.8. The van der Waals surface area contributed by atoms with E-state index in [1.54, 1.807) is 0 Å². The molecule has 1 amide bonds. The summed E-state index contributed by atoms with van der Waals surface area (Å²) in [5.41, 5.74) is -4.63. The summed E-state index contributed by atoms with van der Waals surface area (Å²) in [7, 11) is 1.40. The van der Waals surface area contributed by atoms with Crippen molar-refractivity contribution in [2.45, 2.75) is 10.5 Å². The van der Waals surface area contributed by atoms with Gasteiger partial charge in [0.2, 0.25) is 0 Å². The fourth-order valence-corrected chi connectivity index (χ4v) is 1.80. The first-order valence-corrected chi connectivity index (χ1v) is 5.74. The summed E-state index contributed by atoms with van der Waals surface area (Å²) >= 11 is -0.430. The summed E-state index contributed by atoms with van der Waals surface area (Å²) < 4.78 is 36.9. The van der Waals surface area contributed by atoms with Crippen molar-refractivity contribution >= 4 is 17.7 Å². The topological polar surface area (TPSA) is 53.4 Å². The lowest BCUT2D eigenvalue weighted by molar-refractivity contribution is -0.0329. The highest BCUT2D eigenvalue weighted by Gasteiger charge is 2.32. The van der Waals surface area contributed by atoms with Crippen molar-refractivity contribution in [3.8, 4) is 0 Å². The number of aliphatic hydroxyl groups is 1. The number of aromatic nitrogens is 1. The number of alkyl halides is 3. The van der Waals surface area contributed by atoms with Gasteiger partial charge in [0.05, 0.1) is 12.2 Å². The number of pyridine rings is 1. The first-order valence-electron chi connectivity index (χ1n) is 4.92. The van der Waals surface area contributed by atoms with E-state index in [0.717, 1.165) is 4.90 Å². The van der Waals surface area contributed by atoms with Crippen LogP contribution in [0.5, 0.6) is 0 Å². The van der Waals surface area contributed by atoms with E-state index in [4.69, 9.17) is 5.11 Å². The largest absolute Gasteiger partial charge is 0.447 e. The molecule has 1 heterocycles. The maximum Gasteiger partial charge on any atom is 0.447 e. The molecule has 0 aromatic carbocycles. The Balaban J connectivity index is 2.98. The lowest BCUT2D eigenvalue weighted by Crippen LogP contribution is -2.30. The molecule has 0 aliphatic rings. The van der Waals surface area contributed by atoms with E-state index in [0.29, 0.717) is 0 Å². The average molecular weight is 280 g/mol. The van der Waals surface area contributed by atoms with Crippen LogP contribution in [-0.2, 0) is 0 Å². The van der Waals surface area contributed by atoms with E-state index in [2.05, 4.69) is 4.98 Å². The van der Waals surface area contributed by atoms with Crippen molar-refractivity contribution in [2.24, 2.45) is 0 Å². The lowest BCUT2D eigenvalue weighted by Gasteiger charge is -2.17. The third kappa shape index (κ3) is 4.19. The highest BCUT2D eigenvalue weighted by atomic mass is 32.2. The molecule has 0 saturated carbocycles. The Bertz CT molecular complexity index is 426. The minimum absolute atomic E-state index is 0.0455. The van der Waals surface area contributed by atoms with Gasteiger partial charge in [-0.1, -0.05) is 0 Å². The van der Waals surface area contributed by atoms with Gasteiger partial charge in [-0.15, -0.1) is 0 Å². The van der Waals surface area contributed by atoms with Crippen LogP contribution in [0.3, 0.4) is 0 Å². The number of halogens is 3. The van der Waals surface area contributed by atoms with Gasteiger partial charge in [0.25, 0.3) is 5.91 Å². The van der Waals surface area contributed by atoms with Crippen LogP contribution in [0, 0.1) is 0 Å². The van der Waals surface area contributed by atoms with Crippen LogP contribution in [0.15, 0.2) is 23.4 Å². The number of aliphatic hydroxyl groups excluding tert-OH is 1. The van der Waals surface area contributed by atoms with Crippen LogP contribution in [0.2, 0.25) is 0 Å². The van der Waals surface area contributed by atoms with Crippen LogP contribution in [0.4, 0.5) is 13.2 Å². The number of rotatable bonds is 4. The minimum atomic E-state index is -4.50. The second kappa shape index (κ2) is 6.05. The Morgan fingerprint density at radius 2 is 2.22 bits per heavy atom. The second-order valence-corrected chi connectivity index (χ2v) is 4.41. The minimum Gasteiger partial charge on any atom is -0.395 e. The summed E-state index contributed by atoms with van der Waals surface area (Å²) in [6.07, 6.45) is 1.19. The molecule has 0 radical (unpaired) electrons. The van der Waals surface area contributed by atoms with E-state index in [-0.39, 0.29) is 23.7 Å². The van der Waals surface area contributed by atoms with E-state index in [1.807, 2.05) is 0 Å². The highest BCUT2D eigenvalue weighted by molar-refractivity contribution is 8.00. The fraction of sp³-hybridized carbons (Fsp3) is 0.400. The van der Waals surface area contributed by atoms with E-state index < -0.39 is 23.2 Å². The third-order valence-corrected chi connectivity index (χ3v) is 2.75. The molecule has 100 valence electrons. The molecule has 0 aliphatic carbocycles. The molecule has 4 nitrogen and oxygen atoms in total. The van der Waals surface area contributed by atoms with Gasteiger partial charge in [0.15, 0.2) is 0 Å². The molecule has 18 heavy (non-hydrogen) atoms. The molecule has 0 saturated heterocycles. The van der Waals surface area contributed by atoms with Crippen molar-refractivity contribution in [1.82, 2.24) is 9.88 Å². The lowest BCUT2D eigenvalue weighted by atomic mass is 10.2. The third-order valence-electron chi connectivity index (χ3n) is 2.00. The van der Waals surface area contributed by atoms with E-state index >= 15 is 0 Å². The van der Waals surface area contributed by atoms with Crippen LogP contribution in [0.25, 0.3) is 0 Å². The van der Waals surface area contributed by atoms with Gasteiger partial charge in [-0.2, -0.15) is 13.2 Å². The number of likely N-dealkylation sites (N-methyl/N-ethyl adjacent to an activating group) is 1. The van der Waals surface area contributed by atoms with Gasteiger partial charge >= 0.3 is 5.51 Å². The first kappa shape index (κ1) is 14.8. The van der Waals surface area contributed by atoms with Gasteiger partial charge in [-0.25, -0.2) is 4.98 Å². The maximum absolute atomic E-state index is 12.3. The first-order chi connectivity index (χ1) is 8.35. The van der Waals surface area contributed by atoms with Crippen LogP contribution < -0.4 is 0 Å². The van der Waals surface area contributed by atoms with Crippen molar-refractivity contribution in [3.05, 3.63) is 23.9 Å². The molecule has 1 aromatic heterocycles. The summed E-state index contributed by atoms with van der Waals surface area (Å²) in [6.45, 7) is -0.214. The number of nitrogens with zero attached hydrogens (tertiary/aromatic N) is 2. The molecule has 8 heteroatoms. The van der Waals surface area contributed by atoms with E-state index in [9.17, 15) is 18.0 Å². The molecule has 1 N–H and O–H groups in total. The molecule has 0 bridgehead atoms. The molecular weight excluding hydrogens is 269 g/mol. The number of carbonyl (C=O) groups excluding carboxylic acids is 1. The molecule has 1 aromatic rings. The Kier molecular flexibility index (Phi) is 4.97. The Morgan fingerprint density at radius 1 is 1.56 bits per heavy atom. The summed E-state index contributed by atoms with van der Waals surface area (Å²) in [5, 5.41) is 8.30. The van der Waals surface area contributed by atoms with Crippen LogP contribution in [-0.4, -0.2) is 46.6 Å². The van der Waals surface area contributed by atoms with Crippen molar-refractivity contribution in [2.75, 3.05) is 20.2 Å². The molecule has 0 aliphatic heterocycles. The quantitative estimate of drug-likeness (QED) is 0.854. The summed E-state index contributed by atoms with van der Waals surface area (Å²) in [4.78, 5) is 16.5. The average Bonchev–Trinajstić information content (AvgIpc) is 2.27. The van der Waals surface area contributed by atoms with Gasteiger partial charge < -0.3 is 10.0 Å². The van der Waals surface area contributed by atoms with Gasteiger partial charge in [-0.3, -0.25) is 4.79 Å². The standard InChI is InChI=1S/C10H11F3N2O2S/c1-15(5-6-16)9(17)7-3-2-4-14-8(7)18-10(11,12)13/h2-4,16H,5-6H2,1H3. The molecule has 0 unspecified atom stereocenters. The summed E-state index contributed by atoms with van der Waals surface area (Å²) in [6, 6.07) is 2.66. The zero-order valence-electron chi connectivity index (χ0n) is 9.44. The predicted molar refractivity (Wildman–Crippen MR) is 60.2 cm³/mol. The van der Waals surface area contributed by atoms with Crippen molar-refractivity contribution < 1.29 is 23.1 Å². The monoisotopic (exact) mass is 280 g/mol. The molecule has 1 rings (SSSR count). The predicted octanol–water partition coefficient (Wildman–Crippen LogP) is 1.76. The van der Waals surface area contributed by atoms with E-state index in [1.165, 1.54) is 25.4 Å². The summed E-state index contributed by atoms with van der Waals surface area (Å²) in [5.74, 6) is -0.608. The number of carbonyl (C=O) groups is 1. The molecular formula is C10H11F3N2O2S. The Hall–Kier alpha value is -1.28. The fourth-order valence-electron chi connectivity index (χ4n) is 1.20. The SMILES string of the molecule is CN(CCO)C(=O)c1cccnc1SC(F)(F)F. The molecule has 0 atom stereocenters. The number of hydrogen-bond donors (Lipinski definition) is 1. The van der Waals surface area contributed by atoms with Crippen molar-refractivity contribution in [3.63, 3.8) is 0 Å². The molecule has 0 fully saturated rings. The molecule has 0 spiro atoms. The zero-order valence-corrected chi connectivity index (χ0v) is 10.3. The maximum atomic E-state index is 12.3. The van der Waals surface area contributed by atoms with Gasteiger partial charge in [0, 0.05) is 31.6 Å². The number of hydrogen-bond acceptors (Lipinski definition) is 4. The second-order valence-electron chi connectivity index (χ2n) is 3.35. The smallest absolute Gasteiger partial charge is 0.395 e. The van der Waals surface area contributed by atoms with Crippen molar-refractivity contribution in [1.29, 1.82) is 0 Å². The van der Waals surface area contributed by atoms with Crippen LogP contribution in [0.1, 0.15) is 10.4 Å². The number of thioether (sulfide) groups is 1. The van der Waals surface area contributed by atoms with Crippen LogP contribution >= 0.6 is 11.8 Å². The Morgan fingerprint density at radius 3 is 2.78 bits per heavy atom. The van der Waals surface area contributed by atoms with Gasteiger partial charge in [0.1, 0.15) is 5.03 Å². The highest BCUT2D eigenvalue weighted by Crippen LogP contribution is 2.37. The van der Waals surface area contributed by atoms with Gasteiger partial charge in [-0.05, 0) is 12.1 Å². The normalized spacial score (nSPS) is 11.4. The Labute approximate surface area is 106 Å².